The molecule has 0 radical (unpaired) electrons. The number of carbonyl (C=O) groups excluding carboxylic acids is 2. The van der Waals surface area contributed by atoms with Crippen molar-refractivity contribution in [3.63, 3.8) is 0 Å². The van der Waals surface area contributed by atoms with Gasteiger partial charge in [-0.3, -0.25) is 4.79 Å². The quantitative estimate of drug-likeness (QED) is 0.259. The molecule has 30 heavy (non-hydrogen) atoms. The Kier molecular flexibility index (Phi) is 8.28. The number of ether oxygens (including phenoxy) is 2. The van der Waals surface area contributed by atoms with Gasteiger partial charge in [-0.05, 0) is 93.1 Å². The molecule has 158 valence electrons. The molecule has 0 spiro atoms. The Morgan fingerprint density at radius 1 is 1.23 bits per heavy atom. The number of aryl methyl sites for hydroxylation is 1. The van der Waals surface area contributed by atoms with Crippen LogP contribution in [-0.4, -0.2) is 31.1 Å². The first-order valence-corrected chi connectivity index (χ1v) is 12.2. The number of methoxy groups -OCH3 is 1. The van der Waals surface area contributed by atoms with Gasteiger partial charge in [0.15, 0.2) is 12.1 Å². The van der Waals surface area contributed by atoms with Crippen molar-refractivity contribution < 1.29 is 19.1 Å². The van der Waals surface area contributed by atoms with Gasteiger partial charge in [-0.25, -0.2) is 4.79 Å². The molecule has 0 saturated carbocycles. The maximum Gasteiger partial charge on any atom is 0.343 e. The molecule has 1 atom stereocenters. The molecule has 3 rings (SSSR count). The van der Waals surface area contributed by atoms with Gasteiger partial charge in [0.25, 0.3) is 5.91 Å². The van der Waals surface area contributed by atoms with E-state index < -0.39 is 5.97 Å². The minimum Gasteiger partial charge on any atom is -0.480 e. The van der Waals surface area contributed by atoms with E-state index in [4.69, 9.17) is 4.74 Å². The molecule has 1 amide bonds. The zero-order chi connectivity index (χ0) is 21.7. The number of halogens is 2. The van der Waals surface area contributed by atoms with Gasteiger partial charge in [-0.2, -0.15) is 0 Å². The molecule has 1 heterocycles. The molecule has 1 aliphatic rings. The molecule has 1 fully saturated rings. The third-order valence-corrected chi connectivity index (χ3v) is 6.90. The summed E-state index contributed by atoms with van der Waals surface area (Å²) in [7, 11) is 1.32. The summed E-state index contributed by atoms with van der Waals surface area (Å²) < 4.78 is 11.9. The molecule has 2 N–H and O–H groups in total. The highest BCUT2D eigenvalue weighted by Gasteiger charge is 2.27. The van der Waals surface area contributed by atoms with E-state index in [9.17, 15) is 9.59 Å². The van der Waals surface area contributed by atoms with E-state index in [-0.39, 0.29) is 18.0 Å². The summed E-state index contributed by atoms with van der Waals surface area (Å²) in [5.41, 5.74) is 2.90. The molecule has 2 aromatic carbocycles. The van der Waals surface area contributed by atoms with E-state index in [0.717, 1.165) is 24.8 Å². The lowest BCUT2D eigenvalue weighted by Gasteiger charge is -2.13. The number of carbonyl (C=O) groups is 2. The fourth-order valence-corrected chi connectivity index (χ4v) is 5.81. The minimum absolute atomic E-state index is 0.112. The summed E-state index contributed by atoms with van der Waals surface area (Å²) in [5, 5.41) is 6.27. The minimum atomic E-state index is -0.435. The topological polar surface area (TPSA) is 76.7 Å². The van der Waals surface area contributed by atoms with Crippen molar-refractivity contribution in [3.8, 4) is 5.75 Å². The van der Waals surface area contributed by atoms with Gasteiger partial charge in [0, 0.05) is 5.69 Å². The van der Waals surface area contributed by atoms with Gasteiger partial charge in [-0.15, -0.1) is 0 Å². The fourth-order valence-electron chi connectivity index (χ4n) is 2.70. The normalized spacial score (nSPS) is 17.0. The Morgan fingerprint density at radius 3 is 2.50 bits per heavy atom. The van der Waals surface area contributed by atoms with Gasteiger partial charge in [0.05, 0.1) is 19.2 Å². The summed E-state index contributed by atoms with van der Waals surface area (Å²) in [5.74, 6) is 0.0794. The summed E-state index contributed by atoms with van der Waals surface area (Å²) in [4.78, 5) is 24.4. The van der Waals surface area contributed by atoms with Gasteiger partial charge < -0.3 is 20.1 Å². The van der Waals surface area contributed by atoms with E-state index in [2.05, 4.69) is 79.6 Å². The fraction of sp³-hybridized carbons (Fsp3) is 0.238. The second-order valence-corrected chi connectivity index (χ2v) is 9.82. The van der Waals surface area contributed by atoms with Crippen molar-refractivity contribution in [1.82, 2.24) is 5.32 Å². The molecule has 0 unspecified atom stereocenters. The zero-order valence-electron chi connectivity index (χ0n) is 16.3. The number of hydrogen-bond donors (Lipinski definition) is 2. The Bertz CT molecular complexity index is 956. The van der Waals surface area contributed by atoms with E-state index in [1.807, 2.05) is 30.3 Å². The average Bonchev–Trinajstić information content (AvgIpc) is 3.06. The lowest BCUT2D eigenvalue weighted by molar-refractivity contribution is -0.142. The number of esters is 1. The number of benzene rings is 2. The van der Waals surface area contributed by atoms with Gasteiger partial charge in [-0.1, -0.05) is 30.8 Å². The van der Waals surface area contributed by atoms with Crippen molar-refractivity contribution in [2.24, 2.45) is 0 Å². The molecule has 0 bridgehead atoms. The Morgan fingerprint density at radius 2 is 1.90 bits per heavy atom. The van der Waals surface area contributed by atoms with Crippen LogP contribution in [0.1, 0.15) is 18.1 Å². The molecule has 6 nitrogen and oxygen atoms in total. The van der Waals surface area contributed by atoms with Crippen LogP contribution in [0.2, 0.25) is 0 Å². The summed E-state index contributed by atoms with van der Waals surface area (Å²) in [6.45, 7) is 1.97. The lowest BCUT2D eigenvalue weighted by atomic mass is 10.1. The number of amides is 1. The standard InChI is InChI=1S/C21H20I2N2O4S/c1-3-12-4-6-14(7-5-12)24-21-25-20(27)17(30-21)10-13-8-15(22)19(16(23)9-13)29-11-18(26)28-2/h4-10,21,24H,3,11H2,1-2H3,(H,25,27)/b17-10-/t21-/m1/s1. The largest absolute Gasteiger partial charge is 0.480 e. The van der Waals surface area contributed by atoms with Crippen LogP contribution in [0, 0.1) is 7.14 Å². The summed E-state index contributed by atoms with van der Waals surface area (Å²) in [6, 6.07) is 12.0. The molecule has 9 heteroatoms. The van der Waals surface area contributed by atoms with E-state index >= 15 is 0 Å². The average molecular weight is 650 g/mol. The molecule has 2 aromatic rings. The molecular formula is C21H20I2N2O4S. The first-order valence-electron chi connectivity index (χ1n) is 9.13. The molecule has 1 aliphatic heterocycles. The Hall–Kier alpha value is -1.47. The van der Waals surface area contributed by atoms with Crippen LogP contribution in [0.5, 0.6) is 5.75 Å². The smallest absolute Gasteiger partial charge is 0.343 e. The van der Waals surface area contributed by atoms with Crippen molar-refractivity contribution in [2.75, 3.05) is 19.0 Å². The number of rotatable bonds is 7. The first kappa shape index (κ1) is 23.2. The highest BCUT2D eigenvalue weighted by atomic mass is 127. The Labute approximate surface area is 206 Å². The van der Waals surface area contributed by atoms with Gasteiger partial charge in [0.2, 0.25) is 0 Å². The van der Waals surface area contributed by atoms with Gasteiger partial charge >= 0.3 is 5.97 Å². The zero-order valence-corrected chi connectivity index (χ0v) is 21.5. The molecule has 0 aliphatic carbocycles. The molecular weight excluding hydrogens is 630 g/mol. The monoisotopic (exact) mass is 650 g/mol. The van der Waals surface area contributed by atoms with Crippen molar-refractivity contribution in [3.05, 3.63) is 59.6 Å². The maximum absolute atomic E-state index is 12.4. The second-order valence-electron chi connectivity index (χ2n) is 6.35. The SMILES string of the molecule is CCc1ccc(N[C@@H]2NC(=O)/C(=C/c3cc(I)c(OCC(=O)OC)c(I)c3)S2)cc1. The van der Waals surface area contributed by atoms with Crippen LogP contribution < -0.4 is 15.4 Å². The molecule has 0 aromatic heterocycles. The number of hydrogen-bond acceptors (Lipinski definition) is 6. The van der Waals surface area contributed by atoms with Gasteiger partial charge in [0.1, 0.15) is 5.75 Å². The predicted octanol–water partition coefficient (Wildman–Crippen LogP) is 4.61. The number of anilines is 1. The van der Waals surface area contributed by atoms with Crippen LogP contribution in [0.3, 0.4) is 0 Å². The highest BCUT2D eigenvalue weighted by molar-refractivity contribution is 14.1. The van der Waals surface area contributed by atoms with Crippen molar-refractivity contribution in [2.45, 2.75) is 18.8 Å². The maximum atomic E-state index is 12.4. The summed E-state index contributed by atoms with van der Waals surface area (Å²) in [6.07, 6.45) is 2.85. The first-order chi connectivity index (χ1) is 14.4. The third-order valence-electron chi connectivity index (χ3n) is 4.27. The lowest BCUT2D eigenvalue weighted by Crippen LogP contribution is -2.30. The predicted molar refractivity (Wildman–Crippen MR) is 136 cm³/mol. The third kappa shape index (κ3) is 6.03. The highest BCUT2D eigenvalue weighted by Crippen LogP contribution is 2.33. The second kappa shape index (κ2) is 10.7. The van der Waals surface area contributed by atoms with E-state index in [1.54, 1.807) is 0 Å². The van der Waals surface area contributed by atoms with Crippen LogP contribution in [-0.2, 0) is 20.7 Å². The van der Waals surface area contributed by atoms with Crippen LogP contribution in [0.15, 0.2) is 41.3 Å². The van der Waals surface area contributed by atoms with Crippen molar-refractivity contribution in [1.29, 1.82) is 0 Å². The van der Waals surface area contributed by atoms with E-state index in [0.29, 0.717) is 10.7 Å². The number of thioether (sulfide) groups is 1. The summed E-state index contributed by atoms with van der Waals surface area (Å²) >= 11 is 5.76. The Balaban J connectivity index is 1.70. The van der Waals surface area contributed by atoms with Crippen LogP contribution >= 0.6 is 56.9 Å². The van der Waals surface area contributed by atoms with Crippen LogP contribution in [0.25, 0.3) is 6.08 Å². The molecule has 1 saturated heterocycles. The van der Waals surface area contributed by atoms with E-state index in [1.165, 1.54) is 24.4 Å². The van der Waals surface area contributed by atoms with Crippen LogP contribution in [0.4, 0.5) is 5.69 Å². The number of nitrogens with one attached hydrogen (secondary N) is 2. The van der Waals surface area contributed by atoms with Crippen molar-refractivity contribution >= 4 is 80.6 Å².